The average molecular weight is 249 g/mol. The van der Waals surface area contributed by atoms with Crippen LogP contribution in [0.1, 0.15) is 12.6 Å². The summed E-state index contributed by atoms with van der Waals surface area (Å²) in [4.78, 5) is 2.00. The van der Waals surface area contributed by atoms with Gasteiger partial charge >= 0.3 is 0 Å². The summed E-state index contributed by atoms with van der Waals surface area (Å²) in [5, 5.41) is 4.39. The molecule has 1 rings (SSSR count). The van der Waals surface area contributed by atoms with E-state index in [0.29, 0.717) is 17.3 Å². The SMILES string of the molecule is CN(C)CCn1ncc(Cl)c1C(C)(F)CN. The standard InChI is InChI=1S/C10H18ClFN4/c1-10(12,7-13)9-8(11)6-14-16(9)5-4-15(2)3/h6H,4-5,7,13H2,1-3H3. The third kappa shape index (κ3) is 2.93. The lowest BCUT2D eigenvalue weighted by Crippen LogP contribution is -2.31. The molecular weight excluding hydrogens is 231 g/mol. The maximum absolute atomic E-state index is 14.1. The zero-order valence-corrected chi connectivity index (χ0v) is 10.6. The van der Waals surface area contributed by atoms with Crippen LogP contribution in [0.2, 0.25) is 5.02 Å². The number of nitrogens with two attached hydrogens (primary N) is 1. The molecule has 0 aromatic carbocycles. The normalized spacial score (nSPS) is 15.4. The quantitative estimate of drug-likeness (QED) is 0.853. The fourth-order valence-electron chi connectivity index (χ4n) is 1.44. The topological polar surface area (TPSA) is 47.1 Å². The Labute approximate surface area is 100 Å². The zero-order chi connectivity index (χ0) is 12.3. The zero-order valence-electron chi connectivity index (χ0n) is 9.87. The van der Waals surface area contributed by atoms with Crippen LogP contribution < -0.4 is 5.73 Å². The van der Waals surface area contributed by atoms with Crippen LogP contribution in [0.3, 0.4) is 0 Å². The van der Waals surface area contributed by atoms with Crippen molar-refractivity contribution in [3.8, 4) is 0 Å². The van der Waals surface area contributed by atoms with E-state index in [1.807, 2.05) is 19.0 Å². The van der Waals surface area contributed by atoms with Crippen LogP contribution in [0.15, 0.2) is 6.20 Å². The van der Waals surface area contributed by atoms with E-state index in [4.69, 9.17) is 17.3 Å². The minimum atomic E-state index is -1.64. The first kappa shape index (κ1) is 13.4. The molecule has 16 heavy (non-hydrogen) atoms. The Bertz CT molecular complexity index is 349. The van der Waals surface area contributed by atoms with Crippen molar-refractivity contribution in [2.45, 2.75) is 19.1 Å². The lowest BCUT2D eigenvalue weighted by atomic mass is 10.1. The molecule has 1 aromatic rings. The molecule has 1 heterocycles. The Morgan fingerprint density at radius 2 is 2.25 bits per heavy atom. The molecule has 0 saturated carbocycles. The summed E-state index contributed by atoms with van der Waals surface area (Å²) in [6.07, 6.45) is 1.46. The van der Waals surface area contributed by atoms with Crippen LogP contribution in [0.25, 0.3) is 0 Å². The molecule has 1 atom stereocenters. The van der Waals surface area contributed by atoms with E-state index in [-0.39, 0.29) is 6.54 Å². The molecule has 0 fully saturated rings. The monoisotopic (exact) mass is 248 g/mol. The van der Waals surface area contributed by atoms with Crippen LogP contribution in [0.4, 0.5) is 4.39 Å². The highest BCUT2D eigenvalue weighted by atomic mass is 35.5. The number of rotatable bonds is 5. The lowest BCUT2D eigenvalue weighted by Gasteiger charge is -2.21. The van der Waals surface area contributed by atoms with Crippen molar-refractivity contribution in [3.63, 3.8) is 0 Å². The third-order valence-electron chi connectivity index (χ3n) is 2.43. The minimum Gasteiger partial charge on any atom is -0.327 e. The van der Waals surface area contributed by atoms with Gasteiger partial charge in [0.2, 0.25) is 0 Å². The second-order valence-corrected chi connectivity index (χ2v) is 4.68. The summed E-state index contributed by atoms with van der Waals surface area (Å²) in [6.45, 7) is 2.67. The molecule has 0 amide bonds. The summed E-state index contributed by atoms with van der Waals surface area (Å²) in [6, 6.07) is 0. The maximum atomic E-state index is 14.1. The highest BCUT2D eigenvalue weighted by Gasteiger charge is 2.31. The minimum absolute atomic E-state index is 0.111. The first-order chi connectivity index (χ1) is 7.38. The number of hydrogen-bond donors (Lipinski definition) is 1. The van der Waals surface area contributed by atoms with Crippen molar-refractivity contribution >= 4 is 11.6 Å². The first-order valence-corrected chi connectivity index (χ1v) is 5.52. The molecule has 0 saturated heterocycles. The largest absolute Gasteiger partial charge is 0.327 e. The van der Waals surface area contributed by atoms with Crippen molar-refractivity contribution in [3.05, 3.63) is 16.9 Å². The molecule has 1 aromatic heterocycles. The molecule has 0 radical (unpaired) electrons. The summed E-state index contributed by atoms with van der Waals surface area (Å²) >= 11 is 5.93. The summed E-state index contributed by atoms with van der Waals surface area (Å²) in [5.74, 6) is 0. The molecule has 1 unspecified atom stereocenters. The first-order valence-electron chi connectivity index (χ1n) is 5.14. The number of hydrogen-bond acceptors (Lipinski definition) is 3. The highest BCUT2D eigenvalue weighted by Crippen LogP contribution is 2.30. The second kappa shape index (κ2) is 5.12. The Kier molecular flexibility index (Phi) is 4.29. The van der Waals surface area contributed by atoms with E-state index in [1.54, 1.807) is 4.68 Å². The molecule has 92 valence electrons. The molecule has 4 nitrogen and oxygen atoms in total. The van der Waals surface area contributed by atoms with E-state index in [2.05, 4.69) is 5.10 Å². The molecule has 0 bridgehead atoms. The number of aromatic nitrogens is 2. The third-order valence-corrected chi connectivity index (χ3v) is 2.71. The molecule has 2 N–H and O–H groups in total. The number of nitrogens with zero attached hydrogens (tertiary/aromatic N) is 3. The van der Waals surface area contributed by atoms with Gasteiger partial charge in [0.25, 0.3) is 0 Å². The Balaban J connectivity index is 2.94. The van der Waals surface area contributed by atoms with E-state index in [1.165, 1.54) is 13.1 Å². The van der Waals surface area contributed by atoms with Gasteiger partial charge in [-0.3, -0.25) is 4.68 Å². The Morgan fingerprint density at radius 1 is 1.62 bits per heavy atom. The van der Waals surface area contributed by atoms with Crippen LogP contribution in [0.5, 0.6) is 0 Å². The maximum Gasteiger partial charge on any atom is 0.163 e. The van der Waals surface area contributed by atoms with Crippen LogP contribution in [-0.2, 0) is 12.2 Å². The van der Waals surface area contributed by atoms with Gasteiger partial charge in [0.05, 0.1) is 23.5 Å². The van der Waals surface area contributed by atoms with Crippen molar-refractivity contribution in [1.82, 2.24) is 14.7 Å². The Hall–Kier alpha value is -0.650. The van der Waals surface area contributed by atoms with Gasteiger partial charge < -0.3 is 10.6 Å². The van der Waals surface area contributed by atoms with Gasteiger partial charge in [-0.1, -0.05) is 11.6 Å². The summed E-state index contributed by atoms with van der Waals surface area (Å²) in [5.41, 5.74) is 4.13. The molecule has 0 aliphatic carbocycles. The second-order valence-electron chi connectivity index (χ2n) is 4.27. The predicted molar refractivity (Wildman–Crippen MR) is 63.3 cm³/mol. The molecular formula is C10H18ClFN4. The smallest absolute Gasteiger partial charge is 0.163 e. The van der Waals surface area contributed by atoms with Crippen molar-refractivity contribution in [2.24, 2.45) is 5.73 Å². The average Bonchev–Trinajstić information content (AvgIpc) is 2.57. The predicted octanol–water partition coefficient (Wildman–Crippen LogP) is 1.24. The fraction of sp³-hybridized carbons (Fsp3) is 0.700. The van der Waals surface area contributed by atoms with Crippen molar-refractivity contribution < 1.29 is 4.39 Å². The van der Waals surface area contributed by atoms with E-state index in [0.717, 1.165) is 6.54 Å². The van der Waals surface area contributed by atoms with E-state index in [9.17, 15) is 4.39 Å². The van der Waals surface area contributed by atoms with Crippen LogP contribution >= 0.6 is 11.6 Å². The van der Waals surface area contributed by atoms with E-state index < -0.39 is 5.67 Å². The number of alkyl halides is 1. The van der Waals surface area contributed by atoms with Gasteiger partial charge in [-0.15, -0.1) is 0 Å². The number of halogens is 2. The summed E-state index contributed by atoms with van der Waals surface area (Å²) in [7, 11) is 3.89. The van der Waals surface area contributed by atoms with Crippen LogP contribution in [-0.4, -0.2) is 41.9 Å². The summed E-state index contributed by atoms with van der Waals surface area (Å²) < 4.78 is 15.7. The van der Waals surface area contributed by atoms with Crippen molar-refractivity contribution in [1.29, 1.82) is 0 Å². The van der Waals surface area contributed by atoms with Gasteiger partial charge in [0, 0.05) is 13.1 Å². The van der Waals surface area contributed by atoms with Crippen LogP contribution in [0, 0.1) is 0 Å². The van der Waals surface area contributed by atoms with Gasteiger partial charge in [-0.2, -0.15) is 5.10 Å². The van der Waals surface area contributed by atoms with Gasteiger partial charge in [-0.25, -0.2) is 4.39 Å². The molecule has 0 aliphatic rings. The van der Waals surface area contributed by atoms with Gasteiger partial charge in [-0.05, 0) is 21.0 Å². The highest BCUT2D eigenvalue weighted by molar-refractivity contribution is 6.31. The molecule has 6 heteroatoms. The van der Waals surface area contributed by atoms with Crippen molar-refractivity contribution in [2.75, 3.05) is 27.2 Å². The van der Waals surface area contributed by atoms with Gasteiger partial charge in [0.1, 0.15) is 0 Å². The Morgan fingerprint density at radius 3 is 2.75 bits per heavy atom. The fourth-order valence-corrected chi connectivity index (χ4v) is 1.78. The molecule has 0 spiro atoms. The van der Waals surface area contributed by atoms with Gasteiger partial charge in [0.15, 0.2) is 5.67 Å². The molecule has 0 aliphatic heterocycles. The lowest BCUT2D eigenvalue weighted by molar-refractivity contribution is 0.184. The van der Waals surface area contributed by atoms with E-state index >= 15 is 0 Å². The number of likely N-dealkylation sites (N-methyl/N-ethyl adjacent to an activating group) is 1.